The molecule has 2 aliphatic rings. The van der Waals surface area contributed by atoms with Gasteiger partial charge in [0.25, 0.3) is 0 Å². The van der Waals surface area contributed by atoms with Gasteiger partial charge in [-0.3, -0.25) is 4.98 Å². The van der Waals surface area contributed by atoms with Crippen molar-refractivity contribution in [2.45, 2.75) is 64.1 Å². The van der Waals surface area contributed by atoms with Crippen LogP contribution in [0.15, 0.2) is 54.6 Å². The molecule has 1 saturated carbocycles. The molecule has 1 fully saturated rings. The minimum absolute atomic E-state index is 0.625. The number of benzene rings is 3. The molecule has 4 aromatic rings. The zero-order valence-corrected chi connectivity index (χ0v) is 20.1. The van der Waals surface area contributed by atoms with E-state index in [1.165, 1.54) is 34.7 Å². The normalized spacial score (nSPS) is 19.8. The van der Waals surface area contributed by atoms with E-state index in [0.29, 0.717) is 23.1 Å². The van der Waals surface area contributed by atoms with Crippen molar-refractivity contribution in [3.8, 4) is 11.1 Å². The van der Waals surface area contributed by atoms with E-state index >= 15 is 0 Å². The topological polar surface area (TPSA) is 59.4 Å². The summed E-state index contributed by atoms with van der Waals surface area (Å²) in [6.45, 7) is 7.57. The second kappa shape index (κ2) is 7.38. The molecule has 4 heteroatoms. The maximum absolute atomic E-state index is 12.6. The predicted octanol–water partition coefficient (Wildman–Crippen LogP) is 7.28. The number of carbonyl (C=O) groups is 1. The number of hydrogen-bond donors (Lipinski definition) is 1. The van der Waals surface area contributed by atoms with Crippen molar-refractivity contribution in [2.75, 3.05) is 0 Å². The summed E-state index contributed by atoms with van der Waals surface area (Å²) in [4.78, 5) is 17.4. The molecule has 3 unspecified atom stereocenters. The number of carboxylic acids is 1. The number of pyridine rings is 1. The Balaban J connectivity index is 1.71. The Hall–Kier alpha value is -3.24. The van der Waals surface area contributed by atoms with Crippen LogP contribution in [0.3, 0.4) is 0 Å². The van der Waals surface area contributed by atoms with Crippen LogP contribution in [0.4, 0.5) is 0 Å². The van der Waals surface area contributed by atoms with Gasteiger partial charge in [-0.1, -0.05) is 48.5 Å². The van der Waals surface area contributed by atoms with Gasteiger partial charge in [-0.25, -0.2) is 4.79 Å². The zero-order chi connectivity index (χ0) is 23.8. The fourth-order valence-corrected chi connectivity index (χ4v) is 6.09. The molecule has 0 spiro atoms. The lowest BCUT2D eigenvalue weighted by Crippen LogP contribution is -2.28. The Morgan fingerprint density at radius 1 is 0.971 bits per heavy atom. The minimum Gasteiger partial charge on any atom is -0.479 e. The second-order valence-corrected chi connectivity index (χ2v) is 10.7. The van der Waals surface area contributed by atoms with Crippen molar-refractivity contribution >= 4 is 27.6 Å². The molecule has 0 aliphatic heterocycles. The highest BCUT2D eigenvalue weighted by molar-refractivity contribution is 6.09. The first-order valence-electron chi connectivity index (χ1n) is 12.1. The standard InChI is InChI=1S/C30H29NO3/c1-16-25(28(29(32)33)34-30(2,3)4)27(23-8-5-6-11-24(23)31-16)22-15-14-21-18-13-12-17(18)19-9-7-10-20(22)26(19)21/h5-11,14-15,17-18,28H,12-13H2,1-4H3,(H,32,33). The van der Waals surface area contributed by atoms with E-state index in [4.69, 9.17) is 9.72 Å². The molecule has 0 saturated heterocycles. The van der Waals surface area contributed by atoms with Gasteiger partial charge in [0.1, 0.15) is 0 Å². The number of rotatable bonds is 4. The third-order valence-electron chi connectivity index (χ3n) is 7.53. The number of nitrogens with zero attached hydrogens (tertiary/aromatic N) is 1. The lowest BCUT2D eigenvalue weighted by atomic mass is 9.72. The summed E-state index contributed by atoms with van der Waals surface area (Å²) in [7, 11) is 0. The Labute approximate surface area is 199 Å². The molecule has 0 bridgehead atoms. The van der Waals surface area contributed by atoms with Gasteiger partial charge in [-0.15, -0.1) is 0 Å². The molecule has 0 radical (unpaired) electrons. The van der Waals surface area contributed by atoms with Crippen LogP contribution in [0, 0.1) is 6.92 Å². The quantitative estimate of drug-likeness (QED) is 0.354. The van der Waals surface area contributed by atoms with Crippen LogP contribution >= 0.6 is 0 Å². The van der Waals surface area contributed by atoms with Crippen molar-refractivity contribution in [1.29, 1.82) is 0 Å². The van der Waals surface area contributed by atoms with Gasteiger partial charge in [0, 0.05) is 16.6 Å². The molecular formula is C30H29NO3. The minimum atomic E-state index is -1.12. The van der Waals surface area contributed by atoms with E-state index in [2.05, 4.69) is 30.3 Å². The Bertz CT molecular complexity index is 1460. The number of ether oxygens (including phenoxy) is 1. The monoisotopic (exact) mass is 451 g/mol. The molecule has 3 atom stereocenters. The summed E-state index contributed by atoms with van der Waals surface area (Å²) in [6.07, 6.45) is 1.37. The summed E-state index contributed by atoms with van der Waals surface area (Å²) in [5.41, 5.74) is 6.44. The van der Waals surface area contributed by atoms with Crippen LogP contribution in [0.5, 0.6) is 0 Å². The van der Waals surface area contributed by atoms with Crippen LogP contribution in [-0.4, -0.2) is 21.7 Å². The van der Waals surface area contributed by atoms with Gasteiger partial charge >= 0.3 is 5.97 Å². The number of fused-ring (bicyclic) bond motifs is 4. The van der Waals surface area contributed by atoms with Gasteiger partial charge in [0.2, 0.25) is 0 Å². The summed E-state index contributed by atoms with van der Waals surface area (Å²) in [5.74, 6) is 0.251. The molecule has 2 aliphatic carbocycles. The fraction of sp³-hybridized carbons (Fsp3) is 0.333. The zero-order valence-electron chi connectivity index (χ0n) is 20.1. The number of aromatic nitrogens is 1. The van der Waals surface area contributed by atoms with E-state index in [9.17, 15) is 9.90 Å². The number of aliphatic carboxylic acids is 1. The largest absolute Gasteiger partial charge is 0.479 e. The maximum atomic E-state index is 12.6. The maximum Gasteiger partial charge on any atom is 0.337 e. The molecular weight excluding hydrogens is 422 g/mol. The Morgan fingerprint density at radius 2 is 1.65 bits per heavy atom. The molecule has 0 amide bonds. The predicted molar refractivity (Wildman–Crippen MR) is 135 cm³/mol. The van der Waals surface area contributed by atoms with Crippen LogP contribution in [0.1, 0.15) is 73.9 Å². The highest BCUT2D eigenvalue weighted by atomic mass is 16.5. The van der Waals surface area contributed by atoms with Crippen molar-refractivity contribution in [1.82, 2.24) is 4.98 Å². The van der Waals surface area contributed by atoms with E-state index < -0.39 is 17.7 Å². The number of hydrogen-bond acceptors (Lipinski definition) is 3. The Kier molecular flexibility index (Phi) is 4.62. The number of aryl methyl sites for hydroxylation is 1. The van der Waals surface area contributed by atoms with E-state index in [1.54, 1.807) is 0 Å². The third-order valence-corrected chi connectivity index (χ3v) is 7.53. The summed E-state index contributed by atoms with van der Waals surface area (Å²) >= 11 is 0. The molecule has 6 rings (SSSR count). The summed E-state index contributed by atoms with van der Waals surface area (Å²) < 4.78 is 6.15. The van der Waals surface area contributed by atoms with Gasteiger partial charge in [0.05, 0.1) is 11.1 Å². The molecule has 172 valence electrons. The van der Waals surface area contributed by atoms with Crippen molar-refractivity contribution < 1.29 is 14.6 Å². The van der Waals surface area contributed by atoms with E-state index in [1.807, 2.05) is 52.0 Å². The summed E-state index contributed by atoms with van der Waals surface area (Å²) in [6, 6.07) is 19.1. The average Bonchev–Trinajstić information content (AvgIpc) is 2.97. The Morgan fingerprint density at radius 3 is 2.32 bits per heavy atom. The lowest BCUT2D eigenvalue weighted by molar-refractivity contribution is -0.160. The van der Waals surface area contributed by atoms with Gasteiger partial charge in [0.15, 0.2) is 6.10 Å². The fourth-order valence-electron chi connectivity index (χ4n) is 6.09. The number of para-hydroxylation sites is 1. The first-order valence-corrected chi connectivity index (χ1v) is 12.1. The molecule has 34 heavy (non-hydrogen) atoms. The van der Waals surface area contributed by atoms with Crippen molar-refractivity contribution in [2.24, 2.45) is 0 Å². The molecule has 1 N–H and O–H groups in total. The van der Waals surface area contributed by atoms with Gasteiger partial charge in [-0.05, 0) is 91.5 Å². The van der Waals surface area contributed by atoms with Crippen LogP contribution < -0.4 is 0 Å². The van der Waals surface area contributed by atoms with E-state index in [0.717, 1.165) is 22.0 Å². The highest BCUT2D eigenvalue weighted by Crippen LogP contribution is 2.59. The third kappa shape index (κ3) is 3.08. The van der Waals surface area contributed by atoms with Crippen LogP contribution in [0.2, 0.25) is 0 Å². The van der Waals surface area contributed by atoms with Crippen molar-refractivity contribution in [3.63, 3.8) is 0 Å². The molecule has 1 aromatic heterocycles. The van der Waals surface area contributed by atoms with E-state index in [-0.39, 0.29) is 0 Å². The lowest BCUT2D eigenvalue weighted by Gasteiger charge is -2.31. The first kappa shape index (κ1) is 21.3. The van der Waals surface area contributed by atoms with Crippen molar-refractivity contribution in [3.05, 3.63) is 77.0 Å². The number of carboxylic acid groups (broad SMARTS) is 1. The smallest absolute Gasteiger partial charge is 0.337 e. The van der Waals surface area contributed by atoms with Gasteiger partial charge in [-0.2, -0.15) is 0 Å². The van der Waals surface area contributed by atoms with Crippen LogP contribution in [-0.2, 0) is 9.53 Å². The van der Waals surface area contributed by atoms with Gasteiger partial charge < -0.3 is 9.84 Å². The highest BCUT2D eigenvalue weighted by Gasteiger charge is 2.41. The summed E-state index contributed by atoms with van der Waals surface area (Å²) in [5, 5.41) is 13.8. The molecule has 4 nitrogen and oxygen atoms in total. The SMILES string of the molecule is Cc1nc2ccccc2c(-c2ccc3c4c(cccc24)C2CCC32)c1C(OC(C)(C)C)C(=O)O. The first-order chi connectivity index (χ1) is 16.2. The average molecular weight is 452 g/mol. The molecule has 1 heterocycles. The van der Waals surface area contributed by atoms with Crippen LogP contribution in [0.25, 0.3) is 32.8 Å². The second-order valence-electron chi connectivity index (χ2n) is 10.7. The molecule has 3 aromatic carbocycles.